The van der Waals surface area contributed by atoms with Gasteiger partial charge in [-0.2, -0.15) is 0 Å². The van der Waals surface area contributed by atoms with E-state index >= 15 is 0 Å². The zero-order chi connectivity index (χ0) is 8.10. The van der Waals surface area contributed by atoms with Crippen LogP contribution in [-0.4, -0.2) is 7.05 Å². The van der Waals surface area contributed by atoms with E-state index in [9.17, 15) is 0 Å². The molecule has 60 valence electrons. The molecule has 0 saturated carbocycles. The van der Waals surface area contributed by atoms with E-state index in [1.807, 2.05) is 24.3 Å². The minimum atomic E-state index is 0.563. The van der Waals surface area contributed by atoms with Crippen LogP contribution in [0.1, 0.15) is 5.56 Å². The summed E-state index contributed by atoms with van der Waals surface area (Å²) in [5.41, 5.74) is 3.70. The number of rotatable bonds is 3. The van der Waals surface area contributed by atoms with E-state index in [1.165, 1.54) is 0 Å². The standard InChI is InChI=1S/C8H10ClNO/c1-10-11-6-7-2-4-8(9)5-3-7/h2-5,10H,6H2,1H3. The summed E-state index contributed by atoms with van der Waals surface area (Å²) in [5.74, 6) is 0. The molecule has 0 fully saturated rings. The minimum Gasteiger partial charge on any atom is -0.297 e. The molecule has 0 aliphatic rings. The van der Waals surface area contributed by atoms with Gasteiger partial charge in [-0.25, -0.2) is 5.48 Å². The second-order valence-corrected chi connectivity index (χ2v) is 2.56. The lowest BCUT2D eigenvalue weighted by atomic mass is 10.2. The quantitative estimate of drug-likeness (QED) is 0.703. The van der Waals surface area contributed by atoms with Crippen molar-refractivity contribution in [1.29, 1.82) is 0 Å². The Bertz CT molecular complexity index is 210. The van der Waals surface area contributed by atoms with E-state index in [0.29, 0.717) is 6.61 Å². The Morgan fingerprint density at radius 2 is 2.00 bits per heavy atom. The van der Waals surface area contributed by atoms with E-state index < -0.39 is 0 Å². The third-order valence-electron chi connectivity index (χ3n) is 1.30. The number of hydrogen-bond acceptors (Lipinski definition) is 2. The normalized spacial score (nSPS) is 10.0. The fourth-order valence-electron chi connectivity index (χ4n) is 0.736. The minimum absolute atomic E-state index is 0.563. The molecule has 0 aromatic heterocycles. The molecule has 0 amide bonds. The summed E-state index contributed by atoms with van der Waals surface area (Å²) in [5, 5.41) is 0.748. The van der Waals surface area contributed by atoms with Crippen molar-refractivity contribution in [3.63, 3.8) is 0 Å². The van der Waals surface area contributed by atoms with Crippen molar-refractivity contribution in [2.45, 2.75) is 6.61 Å². The summed E-state index contributed by atoms with van der Waals surface area (Å²) < 4.78 is 0. The van der Waals surface area contributed by atoms with Crippen LogP contribution >= 0.6 is 11.6 Å². The van der Waals surface area contributed by atoms with E-state index in [4.69, 9.17) is 16.4 Å². The van der Waals surface area contributed by atoms with Gasteiger partial charge in [0, 0.05) is 12.1 Å². The molecule has 11 heavy (non-hydrogen) atoms. The molecule has 1 N–H and O–H groups in total. The van der Waals surface area contributed by atoms with Crippen molar-refractivity contribution >= 4 is 11.6 Å². The van der Waals surface area contributed by atoms with E-state index in [1.54, 1.807) is 7.05 Å². The molecule has 0 radical (unpaired) electrons. The summed E-state index contributed by atoms with van der Waals surface area (Å²) in [6, 6.07) is 7.55. The van der Waals surface area contributed by atoms with Gasteiger partial charge < -0.3 is 0 Å². The highest BCUT2D eigenvalue weighted by molar-refractivity contribution is 6.30. The number of hydrogen-bond donors (Lipinski definition) is 1. The van der Waals surface area contributed by atoms with Gasteiger partial charge in [-0.3, -0.25) is 4.84 Å². The summed E-state index contributed by atoms with van der Waals surface area (Å²) >= 11 is 5.69. The molecular formula is C8H10ClNO. The van der Waals surface area contributed by atoms with Crippen LogP contribution in [0.4, 0.5) is 0 Å². The Morgan fingerprint density at radius 3 is 2.55 bits per heavy atom. The van der Waals surface area contributed by atoms with Crippen molar-refractivity contribution in [2.24, 2.45) is 0 Å². The molecule has 1 rings (SSSR count). The molecule has 2 nitrogen and oxygen atoms in total. The molecular weight excluding hydrogens is 162 g/mol. The van der Waals surface area contributed by atoms with E-state index in [-0.39, 0.29) is 0 Å². The van der Waals surface area contributed by atoms with E-state index in [0.717, 1.165) is 10.6 Å². The Labute approximate surface area is 71.1 Å². The fraction of sp³-hybridized carbons (Fsp3) is 0.250. The van der Waals surface area contributed by atoms with Crippen molar-refractivity contribution < 1.29 is 4.84 Å². The number of benzene rings is 1. The number of nitrogens with one attached hydrogen (secondary N) is 1. The second-order valence-electron chi connectivity index (χ2n) is 2.12. The van der Waals surface area contributed by atoms with Crippen LogP contribution in [0.15, 0.2) is 24.3 Å². The van der Waals surface area contributed by atoms with Crippen LogP contribution in [0, 0.1) is 0 Å². The van der Waals surface area contributed by atoms with Gasteiger partial charge in [0.15, 0.2) is 0 Å². The van der Waals surface area contributed by atoms with Crippen LogP contribution in [0.25, 0.3) is 0 Å². The third kappa shape index (κ3) is 2.89. The Balaban J connectivity index is 2.52. The SMILES string of the molecule is CNOCc1ccc(Cl)cc1. The monoisotopic (exact) mass is 171 g/mol. The zero-order valence-electron chi connectivity index (χ0n) is 6.30. The summed E-state index contributed by atoms with van der Waals surface area (Å²) in [6.45, 7) is 0.563. The maximum absolute atomic E-state index is 5.69. The van der Waals surface area contributed by atoms with Gasteiger partial charge in [-0.05, 0) is 17.7 Å². The fourth-order valence-corrected chi connectivity index (χ4v) is 0.862. The Hall–Kier alpha value is -0.570. The highest BCUT2D eigenvalue weighted by Gasteiger charge is 1.91. The predicted molar refractivity (Wildman–Crippen MR) is 45.3 cm³/mol. The van der Waals surface area contributed by atoms with Crippen LogP contribution in [0.5, 0.6) is 0 Å². The number of halogens is 1. The highest BCUT2D eigenvalue weighted by atomic mass is 35.5. The van der Waals surface area contributed by atoms with Crippen molar-refractivity contribution in [1.82, 2.24) is 5.48 Å². The van der Waals surface area contributed by atoms with Crippen LogP contribution in [-0.2, 0) is 11.4 Å². The lowest BCUT2D eigenvalue weighted by molar-refractivity contribution is 0.0444. The maximum Gasteiger partial charge on any atom is 0.0932 e. The molecule has 1 aromatic rings. The lowest BCUT2D eigenvalue weighted by Crippen LogP contribution is -2.06. The number of hydroxylamine groups is 1. The first-order valence-electron chi connectivity index (χ1n) is 3.36. The molecule has 0 aliphatic carbocycles. The Kier molecular flexibility index (Phi) is 3.36. The molecule has 1 aromatic carbocycles. The average Bonchev–Trinajstić information content (AvgIpc) is 2.04. The second kappa shape index (κ2) is 4.34. The Morgan fingerprint density at radius 1 is 1.36 bits per heavy atom. The molecule has 0 atom stereocenters. The van der Waals surface area contributed by atoms with Gasteiger partial charge >= 0.3 is 0 Å². The topological polar surface area (TPSA) is 21.3 Å². The smallest absolute Gasteiger partial charge is 0.0932 e. The van der Waals surface area contributed by atoms with Crippen LogP contribution in [0.2, 0.25) is 5.02 Å². The van der Waals surface area contributed by atoms with Gasteiger partial charge in [0.2, 0.25) is 0 Å². The van der Waals surface area contributed by atoms with Crippen molar-refractivity contribution in [3.05, 3.63) is 34.9 Å². The molecule has 0 aliphatic heterocycles. The molecule has 0 saturated heterocycles. The summed E-state index contributed by atoms with van der Waals surface area (Å²) in [6.07, 6.45) is 0. The van der Waals surface area contributed by atoms with Crippen molar-refractivity contribution in [3.8, 4) is 0 Å². The van der Waals surface area contributed by atoms with Gasteiger partial charge in [-0.15, -0.1) is 0 Å². The first-order valence-corrected chi connectivity index (χ1v) is 3.73. The molecule has 0 heterocycles. The lowest BCUT2D eigenvalue weighted by Gasteiger charge is -2.00. The largest absolute Gasteiger partial charge is 0.297 e. The first-order chi connectivity index (χ1) is 5.33. The summed E-state index contributed by atoms with van der Waals surface area (Å²) in [4.78, 5) is 4.97. The third-order valence-corrected chi connectivity index (χ3v) is 1.55. The van der Waals surface area contributed by atoms with Crippen LogP contribution < -0.4 is 5.48 Å². The molecule has 0 bridgehead atoms. The maximum atomic E-state index is 5.69. The highest BCUT2D eigenvalue weighted by Crippen LogP contribution is 2.09. The predicted octanol–water partition coefficient (Wildman–Crippen LogP) is 1.99. The van der Waals surface area contributed by atoms with Gasteiger partial charge in [0.25, 0.3) is 0 Å². The van der Waals surface area contributed by atoms with Crippen LogP contribution in [0.3, 0.4) is 0 Å². The average molecular weight is 172 g/mol. The molecule has 3 heteroatoms. The molecule has 0 unspecified atom stereocenters. The summed E-state index contributed by atoms with van der Waals surface area (Å²) in [7, 11) is 1.73. The van der Waals surface area contributed by atoms with Crippen molar-refractivity contribution in [2.75, 3.05) is 7.05 Å². The van der Waals surface area contributed by atoms with Gasteiger partial charge in [0.1, 0.15) is 0 Å². The first kappa shape index (κ1) is 8.53. The molecule has 0 spiro atoms. The van der Waals surface area contributed by atoms with E-state index in [2.05, 4.69) is 5.48 Å². The van der Waals surface area contributed by atoms with Gasteiger partial charge in [-0.1, -0.05) is 23.7 Å². The zero-order valence-corrected chi connectivity index (χ0v) is 7.06. The van der Waals surface area contributed by atoms with Gasteiger partial charge in [0.05, 0.1) is 6.61 Å².